The van der Waals surface area contributed by atoms with E-state index in [0.717, 1.165) is 5.39 Å². The maximum Gasteiger partial charge on any atom is 0.288 e. The highest BCUT2D eigenvalue weighted by Crippen LogP contribution is 2.10. The number of H-pyrrole nitrogens is 1. The van der Waals surface area contributed by atoms with Crippen LogP contribution in [-0.4, -0.2) is 26.1 Å². The average Bonchev–Trinajstić information content (AvgIpc) is 2.93. The number of carbonyl (C=O) groups excluding carboxylic acids is 1. The number of amides is 1. The minimum absolute atomic E-state index is 0.311. The van der Waals surface area contributed by atoms with E-state index in [0.29, 0.717) is 17.2 Å². The Labute approximate surface area is 108 Å². The molecule has 3 aromatic heterocycles. The standard InChI is InChI=1S/C12H10N6O/c19-12(18-17-10-2-1-6-14-16-10)9-4-3-8-5-7-13-11(8)15-9/h1-7H,(H,13,15)(H,16,17)(H,18,19). The molecule has 3 N–H and O–H groups in total. The molecule has 1 amide bonds. The van der Waals surface area contributed by atoms with Gasteiger partial charge in [0.25, 0.3) is 5.91 Å². The summed E-state index contributed by atoms with van der Waals surface area (Å²) in [6, 6.07) is 8.78. The number of aromatic nitrogens is 4. The van der Waals surface area contributed by atoms with Crippen molar-refractivity contribution < 1.29 is 4.79 Å². The fourth-order valence-corrected chi connectivity index (χ4v) is 1.61. The lowest BCUT2D eigenvalue weighted by Gasteiger charge is -2.06. The summed E-state index contributed by atoms with van der Waals surface area (Å²) in [4.78, 5) is 19.0. The van der Waals surface area contributed by atoms with Crippen molar-refractivity contribution in [3.63, 3.8) is 0 Å². The number of aromatic amines is 1. The van der Waals surface area contributed by atoms with E-state index in [2.05, 4.69) is 31.0 Å². The van der Waals surface area contributed by atoms with Gasteiger partial charge in [0.2, 0.25) is 0 Å². The first kappa shape index (κ1) is 11.1. The molecular weight excluding hydrogens is 244 g/mol. The van der Waals surface area contributed by atoms with Crippen molar-refractivity contribution in [1.82, 2.24) is 25.6 Å². The Morgan fingerprint density at radius 2 is 2.16 bits per heavy atom. The van der Waals surface area contributed by atoms with Gasteiger partial charge in [0.1, 0.15) is 11.3 Å². The van der Waals surface area contributed by atoms with Crippen molar-refractivity contribution in [2.24, 2.45) is 0 Å². The summed E-state index contributed by atoms with van der Waals surface area (Å²) in [7, 11) is 0. The molecule has 0 unspecified atom stereocenters. The minimum Gasteiger partial charge on any atom is -0.346 e. The van der Waals surface area contributed by atoms with Crippen molar-refractivity contribution in [3.05, 3.63) is 48.4 Å². The summed E-state index contributed by atoms with van der Waals surface area (Å²) in [5.74, 6) is 0.110. The lowest BCUT2D eigenvalue weighted by molar-refractivity contribution is 0.0958. The van der Waals surface area contributed by atoms with Crippen LogP contribution in [0.5, 0.6) is 0 Å². The van der Waals surface area contributed by atoms with Gasteiger partial charge in [0.05, 0.1) is 0 Å². The van der Waals surface area contributed by atoms with Gasteiger partial charge in [0, 0.05) is 17.8 Å². The van der Waals surface area contributed by atoms with Gasteiger partial charge < -0.3 is 4.98 Å². The second kappa shape index (κ2) is 4.73. The minimum atomic E-state index is -0.345. The average molecular weight is 254 g/mol. The number of fused-ring (bicyclic) bond motifs is 1. The Morgan fingerprint density at radius 3 is 3.00 bits per heavy atom. The predicted octanol–water partition coefficient (Wildman–Crippen LogP) is 1.11. The quantitative estimate of drug-likeness (QED) is 0.608. The van der Waals surface area contributed by atoms with Crippen LogP contribution in [-0.2, 0) is 0 Å². The van der Waals surface area contributed by atoms with E-state index >= 15 is 0 Å². The predicted molar refractivity (Wildman–Crippen MR) is 69.2 cm³/mol. The molecule has 0 saturated heterocycles. The van der Waals surface area contributed by atoms with Gasteiger partial charge in [-0.15, -0.1) is 5.10 Å². The SMILES string of the molecule is O=C(NNc1cccnn1)c1ccc2cc[nH]c2n1. The summed E-state index contributed by atoms with van der Waals surface area (Å²) >= 11 is 0. The Hall–Kier alpha value is -2.96. The normalized spacial score (nSPS) is 10.3. The summed E-state index contributed by atoms with van der Waals surface area (Å²) in [5.41, 5.74) is 6.15. The number of hydrogen-bond donors (Lipinski definition) is 3. The molecular formula is C12H10N6O. The van der Waals surface area contributed by atoms with Crippen LogP contribution in [0.4, 0.5) is 5.82 Å². The number of carbonyl (C=O) groups is 1. The van der Waals surface area contributed by atoms with Crippen molar-refractivity contribution in [2.45, 2.75) is 0 Å². The summed E-state index contributed by atoms with van der Waals surface area (Å²) in [6.07, 6.45) is 3.32. The molecule has 3 aromatic rings. The van der Waals surface area contributed by atoms with Gasteiger partial charge in [-0.3, -0.25) is 15.6 Å². The van der Waals surface area contributed by atoms with Crippen LogP contribution in [0.2, 0.25) is 0 Å². The Kier molecular flexibility index (Phi) is 2.77. The molecule has 7 nitrogen and oxygen atoms in total. The van der Waals surface area contributed by atoms with E-state index in [1.807, 2.05) is 12.1 Å². The number of pyridine rings is 1. The van der Waals surface area contributed by atoms with E-state index in [-0.39, 0.29) is 5.91 Å². The maximum atomic E-state index is 11.9. The first-order valence-corrected chi connectivity index (χ1v) is 5.61. The van der Waals surface area contributed by atoms with E-state index < -0.39 is 0 Å². The Bertz CT molecular complexity index is 708. The molecule has 0 radical (unpaired) electrons. The fraction of sp³-hybridized carbons (Fsp3) is 0. The van der Waals surface area contributed by atoms with Gasteiger partial charge in [0.15, 0.2) is 5.82 Å². The molecule has 7 heteroatoms. The second-order valence-corrected chi connectivity index (χ2v) is 3.80. The number of hydrazine groups is 1. The zero-order valence-corrected chi connectivity index (χ0v) is 9.79. The van der Waals surface area contributed by atoms with E-state index in [4.69, 9.17) is 0 Å². The molecule has 0 bridgehead atoms. The molecule has 0 aliphatic heterocycles. The summed E-state index contributed by atoms with van der Waals surface area (Å²) in [5, 5.41) is 8.43. The van der Waals surface area contributed by atoms with E-state index in [1.165, 1.54) is 0 Å². The number of nitrogens with one attached hydrogen (secondary N) is 3. The van der Waals surface area contributed by atoms with Crippen molar-refractivity contribution in [2.75, 3.05) is 5.43 Å². The molecule has 0 aliphatic carbocycles. The largest absolute Gasteiger partial charge is 0.346 e. The van der Waals surface area contributed by atoms with Crippen molar-refractivity contribution in [3.8, 4) is 0 Å². The zero-order valence-electron chi connectivity index (χ0n) is 9.79. The number of hydrogen-bond acceptors (Lipinski definition) is 5. The highest BCUT2D eigenvalue weighted by molar-refractivity contribution is 5.94. The van der Waals surface area contributed by atoms with Gasteiger partial charge in [-0.05, 0) is 30.3 Å². The topological polar surface area (TPSA) is 95.6 Å². The number of rotatable bonds is 3. The molecule has 0 aliphatic rings. The summed E-state index contributed by atoms with van der Waals surface area (Å²) in [6.45, 7) is 0. The van der Waals surface area contributed by atoms with Crippen LogP contribution in [0, 0.1) is 0 Å². The lowest BCUT2D eigenvalue weighted by Crippen LogP contribution is -2.30. The van der Waals surface area contributed by atoms with Crippen molar-refractivity contribution >= 4 is 22.8 Å². The first-order valence-electron chi connectivity index (χ1n) is 5.61. The smallest absolute Gasteiger partial charge is 0.288 e. The first-order chi connectivity index (χ1) is 9.33. The van der Waals surface area contributed by atoms with E-state index in [1.54, 1.807) is 30.6 Å². The lowest BCUT2D eigenvalue weighted by atomic mass is 10.3. The third kappa shape index (κ3) is 2.34. The van der Waals surface area contributed by atoms with Crippen LogP contribution >= 0.6 is 0 Å². The van der Waals surface area contributed by atoms with Crippen LogP contribution in [0.25, 0.3) is 11.0 Å². The van der Waals surface area contributed by atoms with Crippen LogP contribution in [0.1, 0.15) is 10.5 Å². The highest BCUT2D eigenvalue weighted by Gasteiger charge is 2.08. The Morgan fingerprint density at radius 1 is 1.21 bits per heavy atom. The highest BCUT2D eigenvalue weighted by atomic mass is 16.2. The number of anilines is 1. The molecule has 0 aromatic carbocycles. The van der Waals surface area contributed by atoms with Gasteiger partial charge in [-0.1, -0.05) is 0 Å². The van der Waals surface area contributed by atoms with Crippen LogP contribution < -0.4 is 10.9 Å². The fourth-order valence-electron chi connectivity index (χ4n) is 1.61. The zero-order chi connectivity index (χ0) is 13.1. The van der Waals surface area contributed by atoms with Crippen molar-refractivity contribution in [1.29, 1.82) is 0 Å². The third-order valence-electron chi connectivity index (χ3n) is 2.52. The van der Waals surface area contributed by atoms with Gasteiger partial charge in [-0.25, -0.2) is 4.98 Å². The molecule has 3 rings (SSSR count). The van der Waals surface area contributed by atoms with Crippen LogP contribution in [0.3, 0.4) is 0 Å². The molecule has 3 heterocycles. The van der Waals surface area contributed by atoms with Crippen LogP contribution in [0.15, 0.2) is 42.7 Å². The monoisotopic (exact) mass is 254 g/mol. The second-order valence-electron chi connectivity index (χ2n) is 3.80. The maximum absolute atomic E-state index is 11.9. The molecule has 0 spiro atoms. The van der Waals surface area contributed by atoms with Gasteiger partial charge >= 0.3 is 0 Å². The van der Waals surface area contributed by atoms with Gasteiger partial charge in [-0.2, -0.15) is 5.10 Å². The molecule has 94 valence electrons. The number of nitrogens with zero attached hydrogens (tertiary/aromatic N) is 3. The third-order valence-corrected chi connectivity index (χ3v) is 2.52. The molecule has 0 atom stereocenters. The Balaban J connectivity index is 1.73. The van der Waals surface area contributed by atoms with E-state index in [9.17, 15) is 4.79 Å². The molecule has 19 heavy (non-hydrogen) atoms. The molecule has 0 saturated carbocycles. The summed E-state index contributed by atoms with van der Waals surface area (Å²) < 4.78 is 0. The molecule has 0 fully saturated rings.